The maximum absolute atomic E-state index is 12.5. The number of phosphoric acid groups is 1. The van der Waals surface area contributed by atoms with Crippen LogP contribution in [-0.4, -0.2) is 49.9 Å². The second-order valence-corrected chi connectivity index (χ2v) is 13.9. The number of carbonyl (C=O) groups excluding carboxylic acids is 1. The molecule has 0 heterocycles. The molecule has 0 fully saturated rings. The van der Waals surface area contributed by atoms with Crippen molar-refractivity contribution in [3.63, 3.8) is 0 Å². The average Bonchev–Trinajstić information content (AvgIpc) is 3.04. The number of unbranched alkanes of at least 4 members (excludes halogenated alkanes) is 19. The Labute approximate surface area is 283 Å². The lowest BCUT2D eigenvalue weighted by Gasteiger charge is -2.20. The third-order valence-corrected chi connectivity index (χ3v) is 8.83. The van der Waals surface area contributed by atoms with Crippen LogP contribution in [0.5, 0.6) is 0 Å². The standard InChI is InChI=1S/C37H72NO7P/c1-3-5-7-9-11-13-15-17-19-21-23-25-27-29-32-42-34-36(35-44-46(40,41)43-33-31-38)45-37(39)30-28-26-24-22-20-18-16-14-12-10-8-6-4-2/h13-16,36H,3-12,17-35,38H2,1-2H3,(H,40,41)/b15-13-,16-14-. The Morgan fingerprint density at radius 1 is 0.630 bits per heavy atom. The van der Waals surface area contributed by atoms with Gasteiger partial charge < -0.3 is 20.1 Å². The van der Waals surface area contributed by atoms with Crippen molar-refractivity contribution in [2.45, 2.75) is 174 Å². The number of rotatable bonds is 36. The SMILES string of the molecule is CCCCCC/C=C\CCCCCCCCOCC(COP(=O)(O)OCCN)OC(=O)CCCCCCC/C=C\CCCCCC. The third-order valence-electron chi connectivity index (χ3n) is 7.84. The van der Waals surface area contributed by atoms with E-state index in [0.29, 0.717) is 13.0 Å². The Morgan fingerprint density at radius 2 is 1.09 bits per heavy atom. The van der Waals surface area contributed by atoms with Crippen LogP contribution in [0.1, 0.15) is 168 Å². The first-order valence-electron chi connectivity index (χ1n) is 18.8. The number of allylic oxidation sites excluding steroid dienone is 4. The summed E-state index contributed by atoms with van der Waals surface area (Å²) in [6.07, 6.45) is 36.1. The molecule has 0 aliphatic heterocycles. The van der Waals surface area contributed by atoms with Crippen molar-refractivity contribution < 1.29 is 32.8 Å². The zero-order valence-corrected chi connectivity index (χ0v) is 30.7. The summed E-state index contributed by atoms with van der Waals surface area (Å²) in [5.74, 6) is -0.342. The zero-order valence-electron chi connectivity index (χ0n) is 29.8. The summed E-state index contributed by atoms with van der Waals surface area (Å²) >= 11 is 0. The Bertz CT molecular complexity index is 762. The van der Waals surface area contributed by atoms with E-state index in [4.69, 9.17) is 24.3 Å². The van der Waals surface area contributed by atoms with Crippen molar-refractivity contribution in [1.82, 2.24) is 0 Å². The molecule has 2 unspecified atom stereocenters. The summed E-state index contributed by atoms with van der Waals surface area (Å²) in [7, 11) is -4.27. The Kier molecular flexibility index (Phi) is 34.5. The lowest BCUT2D eigenvalue weighted by Crippen LogP contribution is -2.28. The summed E-state index contributed by atoms with van der Waals surface area (Å²) in [4.78, 5) is 22.3. The number of carbonyl (C=O) groups is 1. The van der Waals surface area contributed by atoms with Gasteiger partial charge in [-0.15, -0.1) is 0 Å². The van der Waals surface area contributed by atoms with Gasteiger partial charge in [-0.3, -0.25) is 13.8 Å². The van der Waals surface area contributed by atoms with Gasteiger partial charge in [-0.25, -0.2) is 4.57 Å². The molecule has 3 N–H and O–H groups in total. The Morgan fingerprint density at radius 3 is 1.59 bits per heavy atom. The monoisotopic (exact) mass is 674 g/mol. The Balaban J connectivity index is 4.12. The molecule has 0 bridgehead atoms. The minimum absolute atomic E-state index is 0.0973. The first kappa shape index (κ1) is 45.0. The van der Waals surface area contributed by atoms with Crippen molar-refractivity contribution in [2.24, 2.45) is 5.73 Å². The van der Waals surface area contributed by atoms with E-state index < -0.39 is 13.9 Å². The smallest absolute Gasteiger partial charge is 0.457 e. The van der Waals surface area contributed by atoms with E-state index in [-0.39, 0.29) is 32.3 Å². The maximum Gasteiger partial charge on any atom is 0.472 e. The van der Waals surface area contributed by atoms with Crippen LogP contribution in [0.15, 0.2) is 24.3 Å². The number of hydrogen-bond acceptors (Lipinski definition) is 7. The quantitative estimate of drug-likeness (QED) is 0.0292. The highest BCUT2D eigenvalue weighted by Crippen LogP contribution is 2.43. The lowest BCUT2D eigenvalue weighted by atomic mass is 10.1. The van der Waals surface area contributed by atoms with E-state index in [1.807, 2.05) is 0 Å². The van der Waals surface area contributed by atoms with E-state index in [9.17, 15) is 14.3 Å². The van der Waals surface area contributed by atoms with Gasteiger partial charge in [0.05, 0.1) is 19.8 Å². The van der Waals surface area contributed by atoms with E-state index in [1.54, 1.807) is 0 Å². The molecule has 0 aromatic carbocycles. The van der Waals surface area contributed by atoms with Gasteiger partial charge in [-0.2, -0.15) is 0 Å². The van der Waals surface area contributed by atoms with E-state index in [1.165, 1.54) is 103 Å². The van der Waals surface area contributed by atoms with Gasteiger partial charge in [0.25, 0.3) is 0 Å². The molecule has 0 radical (unpaired) electrons. The van der Waals surface area contributed by atoms with Crippen molar-refractivity contribution in [3.05, 3.63) is 24.3 Å². The molecule has 2 atom stereocenters. The van der Waals surface area contributed by atoms with Crippen molar-refractivity contribution in [2.75, 3.05) is 33.0 Å². The number of ether oxygens (including phenoxy) is 2. The highest BCUT2D eigenvalue weighted by molar-refractivity contribution is 7.47. The molecule has 0 saturated heterocycles. The molecule has 0 saturated carbocycles. The zero-order chi connectivity index (χ0) is 33.8. The lowest BCUT2D eigenvalue weighted by molar-refractivity contribution is -0.154. The van der Waals surface area contributed by atoms with Crippen LogP contribution in [0.2, 0.25) is 0 Å². The van der Waals surface area contributed by atoms with Crippen LogP contribution in [-0.2, 0) is 27.9 Å². The van der Waals surface area contributed by atoms with Crippen molar-refractivity contribution in [1.29, 1.82) is 0 Å². The molecule has 0 aliphatic rings. The van der Waals surface area contributed by atoms with Gasteiger partial charge in [-0.1, -0.05) is 122 Å². The maximum atomic E-state index is 12.5. The summed E-state index contributed by atoms with van der Waals surface area (Å²) in [5, 5.41) is 0. The van der Waals surface area contributed by atoms with E-state index >= 15 is 0 Å². The molecule has 272 valence electrons. The predicted molar refractivity (Wildman–Crippen MR) is 192 cm³/mol. The van der Waals surface area contributed by atoms with Gasteiger partial charge in [0.2, 0.25) is 0 Å². The summed E-state index contributed by atoms with van der Waals surface area (Å²) in [5.41, 5.74) is 5.35. The highest BCUT2D eigenvalue weighted by atomic mass is 31.2. The largest absolute Gasteiger partial charge is 0.472 e. The molecule has 0 spiro atoms. The molecule has 0 amide bonds. The normalized spacial score (nSPS) is 13.9. The van der Waals surface area contributed by atoms with Crippen LogP contribution < -0.4 is 5.73 Å². The number of esters is 1. The molecule has 9 heteroatoms. The van der Waals surface area contributed by atoms with Gasteiger partial charge in [0.15, 0.2) is 0 Å². The van der Waals surface area contributed by atoms with Crippen molar-refractivity contribution in [3.8, 4) is 0 Å². The van der Waals surface area contributed by atoms with Crippen LogP contribution in [0.3, 0.4) is 0 Å². The minimum atomic E-state index is -4.27. The average molecular weight is 674 g/mol. The molecular weight excluding hydrogens is 601 g/mol. The van der Waals surface area contributed by atoms with Crippen LogP contribution in [0.4, 0.5) is 0 Å². The van der Waals surface area contributed by atoms with Gasteiger partial charge in [-0.05, 0) is 64.2 Å². The number of nitrogens with two attached hydrogens (primary N) is 1. The van der Waals surface area contributed by atoms with Gasteiger partial charge in [0.1, 0.15) is 6.10 Å². The van der Waals surface area contributed by atoms with Gasteiger partial charge in [0, 0.05) is 19.6 Å². The minimum Gasteiger partial charge on any atom is -0.457 e. The molecule has 8 nitrogen and oxygen atoms in total. The molecule has 0 aromatic heterocycles. The predicted octanol–water partition coefficient (Wildman–Crippen LogP) is 10.5. The second-order valence-electron chi connectivity index (χ2n) is 12.4. The first-order chi connectivity index (χ1) is 22.4. The topological polar surface area (TPSA) is 117 Å². The summed E-state index contributed by atoms with van der Waals surface area (Å²) in [6.45, 7) is 4.87. The van der Waals surface area contributed by atoms with E-state index in [0.717, 1.165) is 44.9 Å². The Hall–Kier alpha value is -1.02. The fourth-order valence-electron chi connectivity index (χ4n) is 5.04. The van der Waals surface area contributed by atoms with Crippen LogP contribution in [0.25, 0.3) is 0 Å². The molecule has 0 rings (SSSR count). The number of hydrogen-bond donors (Lipinski definition) is 2. The van der Waals surface area contributed by atoms with E-state index in [2.05, 4.69) is 38.2 Å². The van der Waals surface area contributed by atoms with Crippen LogP contribution >= 0.6 is 7.82 Å². The second kappa shape index (κ2) is 35.3. The highest BCUT2D eigenvalue weighted by Gasteiger charge is 2.25. The molecule has 0 aliphatic carbocycles. The fraction of sp³-hybridized carbons (Fsp3) is 0.865. The van der Waals surface area contributed by atoms with Crippen molar-refractivity contribution >= 4 is 13.8 Å². The first-order valence-corrected chi connectivity index (χ1v) is 20.3. The van der Waals surface area contributed by atoms with Gasteiger partial charge >= 0.3 is 13.8 Å². The van der Waals surface area contributed by atoms with Crippen LogP contribution in [0, 0.1) is 0 Å². The summed E-state index contributed by atoms with van der Waals surface area (Å²) in [6, 6.07) is 0. The molecular formula is C37H72NO7P. The third kappa shape index (κ3) is 34.3. The number of phosphoric ester groups is 1. The molecule has 0 aromatic rings. The molecule has 46 heavy (non-hydrogen) atoms. The summed E-state index contributed by atoms with van der Waals surface area (Å²) < 4.78 is 33.3. The fourth-order valence-corrected chi connectivity index (χ4v) is 5.81.